The summed E-state index contributed by atoms with van der Waals surface area (Å²) in [7, 11) is 0. The Balaban J connectivity index is 0.000000192. The van der Waals surface area contributed by atoms with Crippen LogP contribution in [0.2, 0.25) is 0 Å². The number of ether oxygens (including phenoxy) is 5. The molecule has 5 aromatic rings. The van der Waals surface area contributed by atoms with Crippen molar-refractivity contribution in [2.45, 2.75) is 64.8 Å². The molecule has 0 aliphatic carbocycles. The number of nitrogens with zero attached hydrogens (tertiary/aromatic N) is 5. The molecule has 2 aliphatic heterocycles. The van der Waals surface area contributed by atoms with E-state index in [1.165, 1.54) is 6.07 Å². The van der Waals surface area contributed by atoms with Crippen molar-refractivity contribution in [3.63, 3.8) is 0 Å². The molecule has 52 heavy (non-hydrogen) atoms. The number of phenols is 1. The number of nitro benzene ring substituents is 1. The summed E-state index contributed by atoms with van der Waals surface area (Å²) in [5, 5.41) is 31.0. The molecule has 2 fully saturated rings. The van der Waals surface area contributed by atoms with Crippen molar-refractivity contribution in [2.24, 2.45) is 0 Å². The van der Waals surface area contributed by atoms with Gasteiger partial charge in [0.1, 0.15) is 22.6 Å². The first kappa shape index (κ1) is 36.2. The lowest BCUT2D eigenvalue weighted by Gasteiger charge is -2.23. The summed E-state index contributed by atoms with van der Waals surface area (Å²) < 4.78 is 45.1. The average molecular weight is 720 g/mol. The van der Waals surface area contributed by atoms with Crippen molar-refractivity contribution in [2.75, 3.05) is 26.4 Å². The van der Waals surface area contributed by atoms with Crippen molar-refractivity contribution in [1.82, 2.24) is 19.6 Å². The Kier molecular flexibility index (Phi) is 11.2. The third kappa shape index (κ3) is 7.82. The van der Waals surface area contributed by atoms with E-state index in [-0.39, 0.29) is 54.0 Å². The molecule has 2 aromatic heterocycles. The lowest BCUT2D eigenvalue weighted by molar-refractivity contribution is -0.385. The van der Waals surface area contributed by atoms with Crippen LogP contribution in [0.15, 0.2) is 54.9 Å². The van der Waals surface area contributed by atoms with Gasteiger partial charge in [-0.05, 0) is 82.7 Å². The second-order valence-corrected chi connectivity index (χ2v) is 12.1. The lowest BCUT2D eigenvalue weighted by atomic mass is 10.1. The minimum absolute atomic E-state index is 0.0582. The zero-order valence-electron chi connectivity index (χ0n) is 28.7. The molecule has 0 spiro atoms. The number of benzene rings is 3. The predicted molar refractivity (Wildman–Crippen MR) is 184 cm³/mol. The average Bonchev–Trinajstić information content (AvgIpc) is 3.76. The van der Waals surface area contributed by atoms with E-state index in [1.807, 2.05) is 0 Å². The molecule has 7 rings (SSSR count). The Bertz CT molecular complexity index is 2080. The Morgan fingerprint density at radius 1 is 0.846 bits per heavy atom. The van der Waals surface area contributed by atoms with Gasteiger partial charge in [-0.1, -0.05) is 0 Å². The van der Waals surface area contributed by atoms with Crippen LogP contribution in [0.5, 0.6) is 17.2 Å². The number of halogens is 1. The number of aromatic nitrogens is 4. The number of phenolic OH excluding ortho intramolecular Hbond substituents is 1. The third-order valence-corrected chi connectivity index (χ3v) is 8.60. The molecule has 0 saturated carbocycles. The summed E-state index contributed by atoms with van der Waals surface area (Å²) in [6, 6.07) is 9.33. The maximum absolute atomic E-state index is 14.4. The molecule has 4 heterocycles. The first-order valence-corrected chi connectivity index (χ1v) is 17.1. The number of fused-ring (bicyclic) bond motifs is 2. The van der Waals surface area contributed by atoms with Crippen LogP contribution in [-0.2, 0) is 18.9 Å². The van der Waals surface area contributed by atoms with Gasteiger partial charge in [-0.15, -0.1) is 0 Å². The Morgan fingerprint density at radius 2 is 1.40 bits per heavy atom. The number of carbonyl (C=O) groups excluding carboxylic acids is 2. The number of hydrogen-bond donors (Lipinski definition) is 1. The van der Waals surface area contributed by atoms with Crippen molar-refractivity contribution in [3.05, 3.63) is 81.9 Å². The van der Waals surface area contributed by atoms with E-state index in [0.717, 1.165) is 74.2 Å². The second-order valence-electron chi connectivity index (χ2n) is 12.1. The normalized spacial score (nSPS) is 17.3. The number of esters is 2. The quantitative estimate of drug-likeness (QED) is 0.0909. The van der Waals surface area contributed by atoms with Crippen LogP contribution < -0.4 is 4.74 Å². The van der Waals surface area contributed by atoms with Gasteiger partial charge in [-0.3, -0.25) is 10.1 Å². The topological polar surface area (TPSA) is 179 Å². The van der Waals surface area contributed by atoms with Crippen LogP contribution in [0, 0.1) is 15.9 Å². The van der Waals surface area contributed by atoms with Gasteiger partial charge in [0.05, 0.1) is 47.6 Å². The molecule has 2 saturated heterocycles. The SMILES string of the molecule is CCOC(=O)c1cc2c(cnn2C2CCCCO2)cc1O.CCOC(=O)c1cc2c(cnn2C2CCCCO2)cc1Oc1ccc([N+](=O)[O-])cc1F. The largest absolute Gasteiger partial charge is 0.507 e. The van der Waals surface area contributed by atoms with Gasteiger partial charge in [0.15, 0.2) is 24.0 Å². The zero-order valence-corrected chi connectivity index (χ0v) is 28.7. The minimum Gasteiger partial charge on any atom is -0.507 e. The Hall–Kier alpha value is -5.61. The summed E-state index contributed by atoms with van der Waals surface area (Å²) in [6.07, 6.45) is 8.78. The van der Waals surface area contributed by atoms with Crippen molar-refractivity contribution in [3.8, 4) is 17.2 Å². The summed E-state index contributed by atoms with van der Waals surface area (Å²) in [6.45, 7) is 5.17. The molecule has 274 valence electrons. The van der Waals surface area contributed by atoms with E-state index in [4.69, 9.17) is 23.7 Å². The highest BCUT2D eigenvalue weighted by molar-refractivity contribution is 5.98. The monoisotopic (exact) mass is 719 g/mol. The molecule has 2 aliphatic rings. The van der Waals surface area contributed by atoms with Crippen molar-refractivity contribution in [1.29, 1.82) is 0 Å². The van der Waals surface area contributed by atoms with E-state index in [9.17, 15) is 29.2 Å². The maximum Gasteiger partial charge on any atom is 0.342 e. The number of rotatable bonds is 9. The van der Waals surface area contributed by atoms with Gasteiger partial charge in [0, 0.05) is 30.1 Å². The summed E-state index contributed by atoms with van der Waals surface area (Å²) in [4.78, 5) is 34.6. The van der Waals surface area contributed by atoms with Crippen LogP contribution in [0.3, 0.4) is 0 Å². The second kappa shape index (κ2) is 16.2. The first-order valence-electron chi connectivity index (χ1n) is 17.1. The van der Waals surface area contributed by atoms with Crippen molar-refractivity contribution >= 4 is 39.4 Å². The fraction of sp³-hybridized carbons (Fsp3) is 0.389. The Labute approximate surface area is 296 Å². The molecule has 0 bridgehead atoms. The molecule has 15 nitrogen and oxygen atoms in total. The summed E-state index contributed by atoms with van der Waals surface area (Å²) >= 11 is 0. The van der Waals surface area contributed by atoms with E-state index in [0.29, 0.717) is 17.5 Å². The first-order chi connectivity index (χ1) is 25.2. The van der Waals surface area contributed by atoms with Crippen LogP contribution in [-0.4, -0.2) is 68.0 Å². The van der Waals surface area contributed by atoms with Gasteiger partial charge in [0.25, 0.3) is 5.69 Å². The fourth-order valence-corrected chi connectivity index (χ4v) is 6.08. The third-order valence-electron chi connectivity index (χ3n) is 8.60. The van der Waals surface area contributed by atoms with Crippen LogP contribution in [0.1, 0.15) is 85.5 Å². The standard InChI is InChI=1S/C21H20FN3O6.C15H18N2O4/c1-2-29-21(26)15-11-17-13(12-23-24(17)20-5-3-4-8-30-20)9-19(15)31-18-7-6-14(25(27)28)10-16(18)22;1-2-20-15(19)11-8-12-10(7-13(11)18)9-16-17(12)14-5-3-4-6-21-14/h6-7,9-12,20H,2-5,8H2,1H3;7-9,14,18H,2-6H2,1H3. The highest BCUT2D eigenvalue weighted by Gasteiger charge is 2.24. The number of non-ortho nitro benzene ring substituents is 1. The Morgan fingerprint density at radius 3 is 1.92 bits per heavy atom. The fourth-order valence-electron chi connectivity index (χ4n) is 6.08. The molecule has 0 radical (unpaired) electrons. The molecule has 3 aromatic carbocycles. The number of aromatic hydroxyl groups is 1. The van der Waals surface area contributed by atoms with Gasteiger partial charge < -0.3 is 28.8 Å². The highest BCUT2D eigenvalue weighted by atomic mass is 19.1. The smallest absolute Gasteiger partial charge is 0.342 e. The maximum atomic E-state index is 14.4. The number of carbonyl (C=O) groups is 2. The van der Waals surface area contributed by atoms with E-state index in [1.54, 1.807) is 53.8 Å². The van der Waals surface area contributed by atoms with E-state index in [2.05, 4.69) is 10.2 Å². The predicted octanol–water partition coefficient (Wildman–Crippen LogP) is 7.37. The summed E-state index contributed by atoms with van der Waals surface area (Å²) in [5.41, 5.74) is 1.26. The van der Waals surface area contributed by atoms with E-state index < -0.39 is 28.4 Å². The molecule has 16 heteroatoms. The van der Waals surface area contributed by atoms with Gasteiger partial charge in [0.2, 0.25) is 0 Å². The molecule has 0 amide bonds. The highest BCUT2D eigenvalue weighted by Crippen LogP contribution is 2.35. The lowest BCUT2D eigenvalue weighted by Crippen LogP contribution is -2.19. The van der Waals surface area contributed by atoms with Crippen LogP contribution >= 0.6 is 0 Å². The van der Waals surface area contributed by atoms with E-state index >= 15 is 0 Å². The van der Waals surface area contributed by atoms with Gasteiger partial charge in [-0.25, -0.2) is 23.3 Å². The molecule has 2 atom stereocenters. The molecular formula is C36H38FN5O10. The molecule has 2 unspecified atom stereocenters. The van der Waals surface area contributed by atoms with Gasteiger partial charge in [-0.2, -0.15) is 10.2 Å². The van der Waals surface area contributed by atoms with Crippen LogP contribution in [0.25, 0.3) is 21.8 Å². The number of nitro groups is 1. The van der Waals surface area contributed by atoms with Crippen molar-refractivity contribution < 1.29 is 47.7 Å². The minimum atomic E-state index is -0.921. The molecule has 1 N–H and O–H groups in total. The van der Waals surface area contributed by atoms with Gasteiger partial charge >= 0.3 is 11.9 Å². The number of hydrogen-bond acceptors (Lipinski definition) is 12. The molecular weight excluding hydrogens is 681 g/mol. The van der Waals surface area contributed by atoms with Crippen LogP contribution in [0.4, 0.5) is 10.1 Å². The zero-order chi connectivity index (χ0) is 36.8. The summed E-state index contributed by atoms with van der Waals surface area (Å²) in [5.74, 6) is -2.38.